The number of carboxylic acids is 1. The lowest BCUT2D eigenvalue weighted by Gasteiger charge is -2.33. The van der Waals surface area contributed by atoms with Crippen molar-refractivity contribution in [3.05, 3.63) is 137 Å². The number of rotatable bonds is 13. The van der Waals surface area contributed by atoms with Crippen LogP contribution in [0.25, 0.3) is 0 Å². The highest BCUT2D eigenvalue weighted by atomic mass is 35.5. The van der Waals surface area contributed by atoms with Gasteiger partial charge in [-0.15, -0.1) is 12.4 Å². The van der Waals surface area contributed by atoms with Crippen LogP contribution >= 0.6 is 12.4 Å². The van der Waals surface area contributed by atoms with Crippen LogP contribution in [-0.2, 0) is 23.9 Å². The summed E-state index contributed by atoms with van der Waals surface area (Å²) in [5.41, 5.74) is 2.85. The molecule has 42 heavy (non-hydrogen) atoms. The second kappa shape index (κ2) is 15.4. The third-order valence-corrected chi connectivity index (χ3v) is 7.14. The quantitative estimate of drug-likeness (QED) is 0.169. The second-order valence-corrected chi connectivity index (χ2v) is 10.2. The molecule has 0 fully saturated rings. The first-order chi connectivity index (χ1) is 19.7. The van der Waals surface area contributed by atoms with Crippen LogP contribution in [0.4, 0.5) is 13.2 Å². The van der Waals surface area contributed by atoms with E-state index in [2.05, 4.69) is 36.1 Å². The highest BCUT2D eigenvalue weighted by Gasteiger charge is 2.31. The molecule has 0 heterocycles. The maximum atomic E-state index is 13.5. The van der Waals surface area contributed by atoms with Crippen molar-refractivity contribution in [1.82, 2.24) is 4.90 Å². The SMILES string of the molecule is CC(CCOc1cccc(CC(=O)O)c1)N(Cc1cccc(C(F)(F)F)c1)CC(c1ccccc1)c1ccccc1.Cl. The van der Waals surface area contributed by atoms with E-state index in [-0.39, 0.29) is 30.8 Å². The average molecular weight is 598 g/mol. The normalized spacial score (nSPS) is 12.1. The van der Waals surface area contributed by atoms with E-state index in [1.165, 1.54) is 12.1 Å². The van der Waals surface area contributed by atoms with Crippen LogP contribution in [0.2, 0.25) is 0 Å². The number of nitrogens with zero attached hydrogens (tertiary/aromatic N) is 1. The molecule has 4 aromatic rings. The summed E-state index contributed by atoms with van der Waals surface area (Å²) in [5, 5.41) is 9.08. The zero-order valence-electron chi connectivity index (χ0n) is 23.3. The van der Waals surface area contributed by atoms with Gasteiger partial charge in [0.25, 0.3) is 0 Å². The van der Waals surface area contributed by atoms with Gasteiger partial charge in [-0.05, 0) is 53.8 Å². The first kappa shape index (κ1) is 32.7. The van der Waals surface area contributed by atoms with E-state index >= 15 is 0 Å². The Morgan fingerprint density at radius 2 is 1.43 bits per heavy atom. The molecule has 0 aliphatic carbocycles. The van der Waals surface area contributed by atoms with Gasteiger partial charge in [0, 0.05) is 25.0 Å². The van der Waals surface area contributed by atoms with Crippen molar-refractivity contribution >= 4 is 18.4 Å². The summed E-state index contributed by atoms with van der Waals surface area (Å²) in [6.07, 6.45) is -3.87. The molecule has 8 heteroatoms. The Morgan fingerprint density at radius 1 is 0.833 bits per heavy atom. The largest absolute Gasteiger partial charge is 0.494 e. The molecule has 0 aromatic heterocycles. The highest BCUT2D eigenvalue weighted by molar-refractivity contribution is 5.85. The van der Waals surface area contributed by atoms with Crippen LogP contribution in [0.3, 0.4) is 0 Å². The first-order valence-corrected chi connectivity index (χ1v) is 13.6. The molecular formula is C34H35ClF3NO3. The van der Waals surface area contributed by atoms with Gasteiger partial charge in [0.15, 0.2) is 0 Å². The Labute approximate surface area is 251 Å². The van der Waals surface area contributed by atoms with E-state index in [0.29, 0.717) is 43.0 Å². The summed E-state index contributed by atoms with van der Waals surface area (Å²) >= 11 is 0. The molecule has 1 atom stereocenters. The Bertz CT molecular complexity index is 1360. The zero-order chi connectivity index (χ0) is 29.2. The Morgan fingerprint density at radius 3 is 2.02 bits per heavy atom. The Kier molecular flexibility index (Phi) is 12.0. The van der Waals surface area contributed by atoms with Gasteiger partial charge in [-0.2, -0.15) is 13.2 Å². The molecule has 0 saturated heterocycles. The highest BCUT2D eigenvalue weighted by Crippen LogP contribution is 2.31. The van der Waals surface area contributed by atoms with Crippen LogP contribution in [0, 0.1) is 0 Å². The number of alkyl halides is 3. The fourth-order valence-corrected chi connectivity index (χ4v) is 4.94. The van der Waals surface area contributed by atoms with E-state index in [9.17, 15) is 18.0 Å². The fraction of sp³-hybridized carbons (Fsp3) is 0.265. The summed E-state index contributed by atoms with van der Waals surface area (Å²) in [4.78, 5) is 13.3. The third kappa shape index (κ3) is 9.64. The second-order valence-electron chi connectivity index (χ2n) is 10.2. The van der Waals surface area contributed by atoms with Gasteiger partial charge in [-0.3, -0.25) is 9.69 Å². The fourth-order valence-electron chi connectivity index (χ4n) is 4.94. The minimum atomic E-state index is -4.41. The maximum Gasteiger partial charge on any atom is 0.416 e. The van der Waals surface area contributed by atoms with Crippen molar-refractivity contribution in [2.24, 2.45) is 0 Å². The average Bonchev–Trinajstić information content (AvgIpc) is 2.95. The molecular weight excluding hydrogens is 563 g/mol. The van der Waals surface area contributed by atoms with Crippen molar-refractivity contribution in [3.63, 3.8) is 0 Å². The molecule has 4 aromatic carbocycles. The molecule has 0 amide bonds. The molecule has 0 aliphatic heterocycles. The van der Waals surface area contributed by atoms with Gasteiger partial charge in [-0.25, -0.2) is 0 Å². The lowest BCUT2D eigenvalue weighted by molar-refractivity contribution is -0.138. The monoisotopic (exact) mass is 597 g/mol. The zero-order valence-corrected chi connectivity index (χ0v) is 24.2. The maximum absolute atomic E-state index is 13.5. The molecule has 0 radical (unpaired) electrons. The number of hydrogen-bond acceptors (Lipinski definition) is 3. The molecule has 0 bridgehead atoms. The number of hydrogen-bond donors (Lipinski definition) is 1. The van der Waals surface area contributed by atoms with Gasteiger partial charge in [0.1, 0.15) is 5.75 Å². The van der Waals surface area contributed by atoms with Crippen LogP contribution in [0.5, 0.6) is 5.75 Å². The lowest BCUT2D eigenvalue weighted by atomic mass is 9.90. The van der Waals surface area contributed by atoms with Crippen molar-refractivity contribution < 1.29 is 27.8 Å². The Hall–Kier alpha value is -3.81. The molecule has 222 valence electrons. The Balaban J connectivity index is 0.00000484. The summed E-state index contributed by atoms with van der Waals surface area (Å²) in [6, 6.07) is 32.8. The minimum Gasteiger partial charge on any atom is -0.494 e. The van der Waals surface area contributed by atoms with Gasteiger partial charge in [0.05, 0.1) is 18.6 Å². The number of carboxylic acid groups (broad SMARTS) is 1. The van der Waals surface area contributed by atoms with E-state index in [1.54, 1.807) is 30.3 Å². The van der Waals surface area contributed by atoms with E-state index in [0.717, 1.165) is 17.2 Å². The molecule has 4 nitrogen and oxygen atoms in total. The van der Waals surface area contributed by atoms with Gasteiger partial charge < -0.3 is 9.84 Å². The van der Waals surface area contributed by atoms with Gasteiger partial charge in [0.2, 0.25) is 0 Å². The number of benzene rings is 4. The number of halogens is 4. The predicted molar refractivity (Wildman–Crippen MR) is 161 cm³/mol. The molecule has 0 aliphatic rings. The van der Waals surface area contributed by atoms with E-state index in [4.69, 9.17) is 9.84 Å². The molecule has 4 rings (SSSR count). The van der Waals surface area contributed by atoms with Crippen molar-refractivity contribution in [2.45, 2.75) is 44.4 Å². The number of carbonyl (C=O) groups is 1. The summed E-state index contributed by atoms with van der Waals surface area (Å²) in [5.74, 6) is -0.307. The van der Waals surface area contributed by atoms with Crippen LogP contribution < -0.4 is 4.74 Å². The topological polar surface area (TPSA) is 49.8 Å². The standard InChI is InChI=1S/C34H34F3NO3.ClH/c1-25(18-19-41-31-17-9-10-26(21-31)22-33(39)40)38(23-27-11-8-16-30(20-27)34(35,36)37)24-32(28-12-4-2-5-13-28)29-14-6-3-7-15-29;/h2-17,20-21,25,32H,18-19,22-24H2,1H3,(H,39,40);1H. The van der Waals surface area contributed by atoms with E-state index in [1.807, 2.05) is 36.4 Å². The third-order valence-electron chi connectivity index (χ3n) is 7.14. The molecule has 1 N–H and O–H groups in total. The van der Waals surface area contributed by atoms with E-state index < -0.39 is 17.7 Å². The summed E-state index contributed by atoms with van der Waals surface area (Å²) in [7, 11) is 0. The number of ether oxygens (including phenoxy) is 1. The first-order valence-electron chi connectivity index (χ1n) is 13.6. The van der Waals surface area contributed by atoms with Crippen molar-refractivity contribution in [3.8, 4) is 5.75 Å². The van der Waals surface area contributed by atoms with Crippen LogP contribution in [-0.4, -0.2) is 35.2 Å². The minimum absolute atomic E-state index is 0. The molecule has 0 spiro atoms. The smallest absolute Gasteiger partial charge is 0.416 e. The lowest BCUT2D eigenvalue weighted by Crippen LogP contribution is -2.37. The summed E-state index contributed by atoms with van der Waals surface area (Å²) in [6.45, 7) is 3.37. The van der Waals surface area contributed by atoms with Crippen LogP contribution in [0.1, 0.15) is 47.1 Å². The van der Waals surface area contributed by atoms with Crippen LogP contribution in [0.15, 0.2) is 109 Å². The van der Waals surface area contributed by atoms with Crippen molar-refractivity contribution in [2.75, 3.05) is 13.2 Å². The number of aliphatic carboxylic acids is 1. The predicted octanol–water partition coefficient (Wildman–Crippen LogP) is 8.25. The van der Waals surface area contributed by atoms with Gasteiger partial charge >= 0.3 is 12.1 Å². The van der Waals surface area contributed by atoms with Crippen molar-refractivity contribution in [1.29, 1.82) is 0 Å². The molecule has 1 unspecified atom stereocenters. The summed E-state index contributed by atoms with van der Waals surface area (Å²) < 4.78 is 46.4. The van der Waals surface area contributed by atoms with Gasteiger partial charge in [-0.1, -0.05) is 91.0 Å². The molecule has 0 saturated carbocycles.